The smallest absolute Gasteiger partial charge is 0.329 e. The number of ether oxygens (including phenoxy) is 1. The maximum absolute atomic E-state index is 12.3. The summed E-state index contributed by atoms with van der Waals surface area (Å²) in [5, 5.41) is 11.2. The quantitative estimate of drug-likeness (QED) is 0.670. The van der Waals surface area contributed by atoms with Gasteiger partial charge in [0.2, 0.25) is 5.91 Å². The number of nitrogens with one attached hydrogen (secondary N) is 1. The van der Waals surface area contributed by atoms with E-state index in [1.165, 1.54) is 11.9 Å². The van der Waals surface area contributed by atoms with Gasteiger partial charge in [0.05, 0.1) is 18.9 Å². The van der Waals surface area contributed by atoms with Gasteiger partial charge in [-0.05, 0) is 11.5 Å². The van der Waals surface area contributed by atoms with Crippen molar-refractivity contribution in [3.05, 3.63) is 35.9 Å². The number of carbonyl (C=O) groups excluding carboxylic acids is 3. The molecule has 7 heteroatoms. The molecule has 0 aliphatic carbocycles. The maximum atomic E-state index is 12.3. The zero-order chi connectivity index (χ0) is 19.5. The van der Waals surface area contributed by atoms with Gasteiger partial charge in [-0.25, -0.2) is 4.79 Å². The lowest BCUT2D eigenvalue weighted by atomic mass is 10.0. The summed E-state index contributed by atoms with van der Waals surface area (Å²) in [7, 11) is 1.54. The van der Waals surface area contributed by atoms with Gasteiger partial charge >= 0.3 is 5.97 Å². The van der Waals surface area contributed by atoms with Crippen molar-refractivity contribution < 1.29 is 19.1 Å². The van der Waals surface area contributed by atoms with E-state index in [2.05, 4.69) is 5.32 Å². The van der Waals surface area contributed by atoms with Crippen LogP contribution in [0.5, 0.6) is 0 Å². The van der Waals surface area contributed by atoms with E-state index in [-0.39, 0.29) is 31.2 Å². The predicted octanol–water partition coefficient (Wildman–Crippen LogP) is 1.29. The Balaban J connectivity index is 2.55. The van der Waals surface area contributed by atoms with Crippen molar-refractivity contribution in [2.75, 3.05) is 20.2 Å². The zero-order valence-corrected chi connectivity index (χ0v) is 15.4. The Morgan fingerprint density at radius 3 is 2.46 bits per heavy atom. The van der Waals surface area contributed by atoms with E-state index in [1.54, 1.807) is 13.8 Å². The third kappa shape index (κ3) is 7.34. The van der Waals surface area contributed by atoms with Gasteiger partial charge in [-0.2, -0.15) is 5.26 Å². The van der Waals surface area contributed by atoms with Gasteiger partial charge in [0.15, 0.2) is 6.61 Å². The van der Waals surface area contributed by atoms with E-state index in [0.717, 1.165) is 5.56 Å². The van der Waals surface area contributed by atoms with Gasteiger partial charge in [-0.15, -0.1) is 0 Å². The fourth-order valence-electron chi connectivity index (χ4n) is 2.18. The molecule has 0 heterocycles. The summed E-state index contributed by atoms with van der Waals surface area (Å²) < 4.78 is 5.05. The highest BCUT2D eigenvalue weighted by molar-refractivity contribution is 5.87. The standard InChI is InChI=1S/C19H25N3O4/c1-14(2)18(21-16(23)12-15-8-5-4-6-9-15)19(25)26-13-17(24)22(3)11-7-10-20/h4-6,8-9,14,18H,7,11-13H2,1-3H3,(H,21,23). The van der Waals surface area contributed by atoms with Crippen LogP contribution < -0.4 is 5.32 Å². The topological polar surface area (TPSA) is 99.5 Å². The molecule has 0 fully saturated rings. The molecule has 140 valence electrons. The molecular formula is C19H25N3O4. The van der Waals surface area contributed by atoms with Crippen LogP contribution >= 0.6 is 0 Å². The highest BCUT2D eigenvalue weighted by atomic mass is 16.5. The van der Waals surface area contributed by atoms with E-state index in [0.29, 0.717) is 0 Å². The van der Waals surface area contributed by atoms with Crippen molar-refractivity contribution in [1.29, 1.82) is 5.26 Å². The van der Waals surface area contributed by atoms with E-state index in [1.807, 2.05) is 36.4 Å². The molecule has 0 aliphatic heterocycles. The van der Waals surface area contributed by atoms with Crippen LogP contribution in [0.4, 0.5) is 0 Å². The van der Waals surface area contributed by atoms with Crippen molar-refractivity contribution in [2.24, 2.45) is 5.92 Å². The first-order valence-electron chi connectivity index (χ1n) is 8.46. The maximum Gasteiger partial charge on any atom is 0.329 e. The predicted molar refractivity (Wildman–Crippen MR) is 95.7 cm³/mol. The largest absolute Gasteiger partial charge is 0.454 e. The average Bonchev–Trinajstić information content (AvgIpc) is 2.62. The number of rotatable bonds is 9. The minimum Gasteiger partial charge on any atom is -0.454 e. The van der Waals surface area contributed by atoms with Crippen LogP contribution in [0.3, 0.4) is 0 Å². The molecule has 1 unspecified atom stereocenters. The lowest BCUT2D eigenvalue weighted by Crippen LogP contribution is -2.46. The first-order chi connectivity index (χ1) is 12.3. The van der Waals surface area contributed by atoms with Crippen LogP contribution in [0.1, 0.15) is 25.8 Å². The van der Waals surface area contributed by atoms with Gasteiger partial charge in [0.25, 0.3) is 5.91 Å². The monoisotopic (exact) mass is 359 g/mol. The SMILES string of the molecule is CC(C)C(NC(=O)Cc1ccccc1)C(=O)OCC(=O)N(C)CCC#N. The number of benzene rings is 1. The van der Waals surface area contributed by atoms with Gasteiger partial charge < -0.3 is 15.0 Å². The molecule has 2 amide bonds. The van der Waals surface area contributed by atoms with Gasteiger partial charge in [-0.1, -0.05) is 44.2 Å². The summed E-state index contributed by atoms with van der Waals surface area (Å²) in [6.07, 6.45) is 0.369. The summed E-state index contributed by atoms with van der Waals surface area (Å²) >= 11 is 0. The van der Waals surface area contributed by atoms with Crippen molar-refractivity contribution >= 4 is 17.8 Å². The first-order valence-corrected chi connectivity index (χ1v) is 8.46. The van der Waals surface area contributed by atoms with Crippen LogP contribution in [0.15, 0.2) is 30.3 Å². The Kier molecular flexibility index (Phi) is 8.85. The minimum atomic E-state index is -0.830. The molecule has 1 rings (SSSR count). The molecule has 0 aromatic heterocycles. The third-order valence-corrected chi connectivity index (χ3v) is 3.77. The number of likely N-dealkylation sites (N-methyl/N-ethyl adjacent to an activating group) is 1. The highest BCUT2D eigenvalue weighted by Gasteiger charge is 2.26. The van der Waals surface area contributed by atoms with Gasteiger partial charge in [0, 0.05) is 13.6 Å². The van der Waals surface area contributed by atoms with Crippen LogP contribution in [-0.4, -0.2) is 48.9 Å². The normalized spacial score (nSPS) is 11.3. The number of hydrogen-bond acceptors (Lipinski definition) is 5. The van der Waals surface area contributed by atoms with Crippen LogP contribution in [0, 0.1) is 17.2 Å². The lowest BCUT2D eigenvalue weighted by molar-refractivity contribution is -0.155. The van der Waals surface area contributed by atoms with Gasteiger partial charge in [0.1, 0.15) is 6.04 Å². The number of nitrogens with zero attached hydrogens (tertiary/aromatic N) is 2. The number of carbonyl (C=O) groups is 3. The number of hydrogen-bond donors (Lipinski definition) is 1. The molecule has 0 aliphatic rings. The van der Waals surface area contributed by atoms with E-state index in [9.17, 15) is 14.4 Å². The molecule has 0 radical (unpaired) electrons. The Bertz CT molecular complexity index is 652. The van der Waals surface area contributed by atoms with Crippen molar-refractivity contribution in [3.63, 3.8) is 0 Å². The summed E-state index contributed by atoms with van der Waals surface area (Å²) in [6, 6.07) is 10.3. The molecule has 0 spiro atoms. The Morgan fingerprint density at radius 1 is 1.23 bits per heavy atom. The summed E-state index contributed by atoms with van der Waals surface area (Å²) in [5.74, 6) is -1.52. The minimum absolute atomic E-state index is 0.160. The van der Waals surface area contributed by atoms with E-state index >= 15 is 0 Å². The van der Waals surface area contributed by atoms with E-state index in [4.69, 9.17) is 10.00 Å². The summed E-state index contributed by atoms with van der Waals surface area (Å²) in [6.45, 7) is 3.43. The Labute approximate surface area is 153 Å². The lowest BCUT2D eigenvalue weighted by Gasteiger charge is -2.22. The molecule has 0 saturated heterocycles. The van der Waals surface area contributed by atoms with Crippen molar-refractivity contribution in [3.8, 4) is 6.07 Å². The second kappa shape index (κ2) is 10.9. The van der Waals surface area contributed by atoms with Crippen LogP contribution in [0.2, 0.25) is 0 Å². The zero-order valence-electron chi connectivity index (χ0n) is 15.4. The molecule has 7 nitrogen and oxygen atoms in total. The van der Waals surface area contributed by atoms with Gasteiger partial charge in [-0.3, -0.25) is 9.59 Å². The van der Waals surface area contributed by atoms with Crippen LogP contribution in [-0.2, 0) is 25.5 Å². The first kappa shape index (κ1) is 21.2. The molecule has 0 bridgehead atoms. The fraction of sp³-hybridized carbons (Fsp3) is 0.474. The second-order valence-corrected chi connectivity index (χ2v) is 6.28. The third-order valence-electron chi connectivity index (χ3n) is 3.77. The molecule has 1 aromatic rings. The van der Waals surface area contributed by atoms with E-state index < -0.39 is 24.5 Å². The molecule has 1 N–H and O–H groups in total. The van der Waals surface area contributed by atoms with Crippen LogP contribution in [0.25, 0.3) is 0 Å². The Morgan fingerprint density at radius 2 is 1.88 bits per heavy atom. The summed E-state index contributed by atoms with van der Waals surface area (Å²) in [5.41, 5.74) is 0.843. The molecular weight excluding hydrogens is 334 g/mol. The average molecular weight is 359 g/mol. The molecule has 1 atom stereocenters. The Hall–Kier alpha value is -2.88. The number of nitriles is 1. The molecule has 26 heavy (non-hydrogen) atoms. The van der Waals surface area contributed by atoms with Crippen molar-refractivity contribution in [1.82, 2.24) is 10.2 Å². The summed E-state index contributed by atoms with van der Waals surface area (Å²) in [4.78, 5) is 37.6. The number of amides is 2. The molecule has 1 aromatic carbocycles. The highest BCUT2D eigenvalue weighted by Crippen LogP contribution is 2.06. The molecule has 0 saturated carbocycles. The van der Waals surface area contributed by atoms with Crippen molar-refractivity contribution in [2.45, 2.75) is 32.7 Å². The fourth-order valence-corrected chi connectivity index (χ4v) is 2.18. The number of esters is 1. The second-order valence-electron chi connectivity index (χ2n) is 6.28.